The van der Waals surface area contributed by atoms with E-state index in [1.54, 1.807) is 0 Å². The number of hydrogen-bond acceptors (Lipinski definition) is 5. The molecule has 6 heteroatoms. The molecule has 2 amide bonds. The summed E-state index contributed by atoms with van der Waals surface area (Å²) >= 11 is 0. The molecule has 0 unspecified atom stereocenters. The molecule has 6 nitrogen and oxygen atoms in total. The minimum Gasteiger partial charge on any atom is -0.380 e. The molecule has 0 atom stereocenters. The third kappa shape index (κ3) is 3.71. The van der Waals surface area contributed by atoms with Gasteiger partial charge in [-0.25, -0.2) is 0 Å². The van der Waals surface area contributed by atoms with Crippen LogP contribution in [0.3, 0.4) is 0 Å². The van der Waals surface area contributed by atoms with Crippen LogP contribution in [0.25, 0.3) is 0 Å². The SMILES string of the molecule is NCCOCCC(=O)CN1C(=O)CCC1=O. The van der Waals surface area contributed by atoms with Gasteiger partial charge in [0.1, 0.15) is 0 Å². The molecule has 16 heavy (non-hydrogen) atoms. The van der Waals surface area contributed by atoms with Crippen molar-refractivity contribution in [3.8, 4) is 0 Å². The normalized spacial score (nSPS) is 15.9. The van der Waals surface area contributed by atoms with Crippen molar-refractivity contribution in [2.24, 2.45) is 5.73 Å². The summed E-state index contributed by atoms with van der Waals surface area (Å²) in [6.07, 6.45) is 0.642. The highest BCUT2D eigenvalue weighted by molar-refractivity contribution is 6.04. The van der Waals surface area contributed by atoms with Gasteiger partial charge in [-0.3, -0.25) is 19.3 Å². The van der Waals surface area contributed by atoms with E-state index < -0.39 is 0 Å². The zero-order chi connectivity index (χ0) is 12.0. The van der Waals surface area contributed by atoms with Crippen molar-refractivity contribution in [3.05, 3.63) is 0 Å². The fraction of sp³-hybridized carbons (Fsp3) is 0.700. The van der Waals surface area contributed by atoms with Crippen LogP contribution < -0.4 is 5.73 Å². The molecule has 0 aromatic rings. The van der Waals surface area contributed by atoms with Crippen LogP contribution in [0.5, 0.6) is 0 Å². The van der Waals surface area contributed by atoms with E-state index in [2.05, 4.69) is 0 Å². The molecule has 1 heterocycles. The Labute approximate surface area is 93.7 Å². The number of hydrogen-bond donors (Lipinski definition) is 1. The van der Waals surface area contributed by atoms with Crippen LogP contribution in [0, 0.1) is 0 Å². The van der Waals surface area contributed by atoms with Crippen molar-refractivity contribution in [2.75, 3.05) is 26.3 Å². The number of amides is 2. The highest BCUT2D eigenvalue weighted by Crippen LogP contribution is 2.11. The number of nitrogens with two attached hydrogens (primary N) is 1. The lowest BCUT2D eigenvalue weighted by molar-refractivity contribution is -0.142. The quantitative estimate of drug-likeness (QED) is 0.449. The van der Waals surface area contributed by atoms with E-state index in [0.717, 1.165) is 4.90 Å². The summed E-state index contributed by atoms with van der Waals surface area (Å²) in [7, 11) is 0. The van der Waals surface area contributed by atoms with E-state index in [9.17, 15) is 14.4 Å². The summed E-state index contributed by atoms with van der Waals surface area (Å²) in [5.41, 5.74) is 5.21. The lowest BCUT2D eigenvalue weighted by atomic mass is 10.3. The molecule has 1 aliphatic heterocycles. The van der Waals surface area contributed by atoms with E-state index in [4.69, 9.17) is 10.5 Å². The van der Waals surface area contributed by atoms with Gasteiger partial charge >= 0.3 is 0 Å². The molecule has 1 aliphatic rings. The van der Waals surface area contributed by atoms with Gasteiger partial charge in [-0.1, -0.05) is 0 Å². The van der Waals surface area contributed by atoms with Crippen LogP contribution >= 0.6 is 0 Å². The van der Waals surface area contributed by atoms with Crippen LogP contribution in [0.15, 0.2) is 0 Å². The zero-order valence-electron chi connectivity index (χ0n) is 9.11. The molecule has 1 saturated heterocycles. The first-order valence-corrected chi connectivity index (χ1v) is 5.28. The molecule has 0 aromatic carbocycles. The topological polar surface area (TPSA) is 89.7 Å². The molecule has 0 aromatic heterocycles. The highest BCUT2D eigenvalue weighted by atomic mass is 16.5. The number of Topliss-reactive ketones (excluding diaryl/α,β-unsaturated/α-hetero) is 1. The second-order valence-corrected chi connectivity index (χ2v) is 3.56. The number of ether oxygens (including phenoxy) is 1. The maximum atomic E-state index is 11.4. The molecular weight excluding hydrogens is 212 g/mol. The number of carbonyl (C=O) groups excluding carboxylic acids is 3. The number of ketones is 1. The number of likely N-dealkylation sites (tertiary alicyclic amines) is 1. The molecule has 1 rings (SSSR count). The number of carbonyl (C=O) groups is 3. The van der Waals surface area contributed by atoms with Crippen LogP contribution in [-0.2, 0) is 19.1 Å². The van der Waals surface area contributed by atoms with Crippen LogP contribution in [0.1, 0.15) is 19.3 Å². The Kier molecular flexibility index (Phi) is 5.07. The van der Waals surface area contributed by atoms with Gasteiger partial charge in [0.15, 0.2) is 5.78 Å². The highest BCUT2D eigenvalue weighted by Gasteiger charge is 2.29. The smallest absolute Gasteiger partial charge is 0.230 e. The van der Waals surface area contributed by atoms with Gasteiger partial charge in [-0.05, 0) is 0 Å². The maximum Gasteiger partial charge on any atom is 0.230 e. The molecule has 1 fully saturated rings. The van der Waals surface area contributed by atoms with Gasteiger partial charge in [0, 0.05) is 25.8 Å². The van der Waals surface area contributed by atoms with E-state index in [0.29, 0.717) is 13.2 Å². The summed E-state index contributed by atoms with van der Waals surface area (Å²) < 4.78 is 5.04. The number of nitrogens with zero attached hydrogens (tertiary/aromatic N) is 1. The second-order valence-electron chi connectivity index (χ2n) is 3.56. The first kappa shape index (κ1) is 12.8. The molecule has 90 valence electrons. The van der Waals surface area contributed by atoms with Crippen molar-refractivity contribution in [1.29, 1.82) is 0 Å². The molecule has 0 aliphatic carbocycles. The summed E-state index contributed by atoms with van der Waals surface area (Å²) in [6, 6.07) is 0. The number of rotatable bonds is 7. The van der Waals surface area contributed by atoms with Gasteiger partial charge in [-0.15, -0.1) is 0 Å². The van der Waals surface area contributed by atoms with Crippen molar-refractivity contribution < 1.29 is 19.1 Å². The van der Waals surface area contributed by atoms with Gasteiger partial charge in [0.05, 0.1) is 19.8 Å². The Morgan fingerprint density at radius 3 is 2.44 bits per heavy atom. The van der Waals surface area contributed by atoms with Crippen LogP contribution in [0.4, 0.5) is 0 Å². The first-order valence-electron chi connectivity index (χ1n) is 5.28. The van der Waals surface area contributed by atoms with Crippen molar-refractivity contribution >= 4 is 17.6 Å². The standard InChI is InChI=1S/C10H16N2O4/c11-4-6-16-5-3-8(13)7-12-9(14)1-2-10(12)15/h1-7,11H2. The van der Waals surface area contributed by atoms with Gasteiger partial charge in [0.25, 0.3) is 0 Å². The van der Waals surface area contributed by atoms with Crippen LogP contribution in [-0.4, -0.2) is 48.8 Å². The molecule has 0 bridgehead atoms. The van der Waals surface area contributed by atoms with E-state index in [1.165, 1.54) is 0 Å². The lowest BCUT2D eigenvalue weighted by Gasteiger charge is -2.12. The average molecular weight is 228 g/mol. The summed E-state index contributed by atoms with van der Waals surface area (Å²) in [6.45, 7) is 0.988. The number of imide groups is 1. The first-order chi connectivity index (χ1) is 7.65. The Morgan fingerprint density at radius 2 is 1.88 bits per heavy atom. The third-order valence-corrected chi connectivity index (χ3v) is 2.28. The van der Waals surface area contributed by atoms with Crippen molar-refractivity contribution in [1.82, 2.24) is 4.90 Å². The Morgan fingerprint density at radius 1 is 1.25 bits per heavy atom. The lowest BCUT2D eigenvalue weighted by Crippen LogP contribution is -2.34. The fourth-order valence-corrected chi connectivity index (χ4v) is 1.43. The van der Waals surface area contributed by atoms with E-state index in [1.807, 2.05) is 0 Å². The second kappa shape index (κ2) is 6.34. The van der Waals surface area contributed by atoms with E-state index >= 15 is 0 Å². The summed E-state index contributed by atoms with van der Waals surface area (Å²) in [5, 5.41) is 0. The minimum atomic E-state index is -0.263. The van der Waals surface area contributed by atoms with Crippen LogP contribution in [0.2, 0.25) is 0 Å². The van der Waals surface area contributed by atoms with Gasteiger partial charge in [0.2, 0.25) is 11.8 Å². The molecule has 0 radical (unpaired) electrons. The molecular formula is C10H16N2O4. The van der Waals surface area contributed by atoms with E-state index in [-0.39, 0.29) is 50.0 Å². The van der Waals surface area contributed by atoms with Crippen molar-refractivity contribution in [2.45, 2.75) is 19.3 Å². The minimum absolute atomic E-state index is 0.121. The molecule has 0 saturated carbocycles. The van der Waals surface area contributed by atoms with Crippen molar-refractivity contribution in [3.63, 3.8) is 0 Å². The Bertz CT molecular complexity index is 275. The fourth-order valence-electron chi connectivity index (χ4n) is 1.43. The summed E-state index contributed by atoms with van der Waals surface area (Å²) in [5.74, 6) is -0.692. The Hall–Kier alpha value is -1.27. The Balaban J connectivity index is 2.23. The summed E-state index contributed by atoms with van der Waals surface area (Å²) in [4.78, 5) is 34.8. The van der Waals surface area contributed by atoms with Gasteiger partial charge < -0.3 is 10.5 Å². The monoisotopic (exact) mass is 228 g/mol. The largest absolute Gasteiger partial charge is 0.380 e. The average Bonchev–Trinajstić information content (AvgIpc) is 2.56. The van der Waals surface area contributed by atoms with Gasteiger partial charge in [-0.2, -0.15) is 0 Å². The molecule has 0 spiro atoms. The predicted molar refractivity (Wildman–Crippen MR) is 55.5 cm³/mol. The predicted octanol–water partition coefficient (Wildman–Crippen LogP) is -0.930. The maximum absolute atomic E-state index is 11.4. The third-order valence-electron chi connectivity index (χ3n) is 2.28. The molecule has 2 N–H and O–H groups in total. The zero-order valence-corrected chi connectivity index (χ0v) is 9.11.